The lowest BCUT2D eigenvalue weighted by Gasteiger charge is -2.27. The van der Waals surface area contributed by atoms with Crippen LogP contribution in [0.25, 0.3) is 10.1 Å². The van der Waals surface area contributed by atoms with E-state index in [0.29, 0.717) is 32.7 Å². The highest BCUT2D eigenvalue weighted by Gasteiger charge is 2.45. The van der Waals surface area contributed by atoms with Crippen molar-refractivity contribution < 1.29 is 9.59 Å². The number of rotatable bonds is 8. The Morgan fingerprint density at radius 3 is 2.51 bits per heavy atom. The highest BCUT2D eigenvalue weighted by molar-refractivity contribution is 7.17. The second-order valence-corrected chi connectivity index (χ2v) is 12.2. The molecule has 214 valence electrons. The molecule has 0 unspecified atom stereocenters. The second kappa shape index (κ2) is 11.2. The van der Waals surface area contributed by atoms with E-state index in [1.165, 1.54) is 0 Å². The number of benzene rings is 1. The van der Waals surface area contributed by atoms with Gasteiger partial charge in [0.1, 0.15) is 5.41 Å². The molecule has 0 saturated heterocycles. The Kier molecular flexibility index (Phi) is 7.85. The summed E-state index contributed by atoms with van der Waals surface area (Å²) in [5.74, 6) is -0.418. The van der Waals surface area contributed by atoms with Gasteiger partial charge in [-0.15, -0.1) is 11.3 Å². The zero-order valence-corrected chi connectivity index (χ0v) is 25.4. The predicted molar refractivity (Wildman–Crippen MR) is 166 cm³/mol. The standard InChI is InChI=1S/C32H37N5O3S/c1-7-37-26-11-10-23(17-27(26)34(6)30(39)32(4,5)31(37)40)19-35(20-24-9-8-13-33-22(24)3)14-15-36-18-21(2)28-25(29(36)38)12-16-41-28/h8-13,16-18H,7,14-15,19-20H2,1-6H3. The largest absolute Gasteiger partial charge is 0.313 e. The molecule has 2 amide bonds. The minimum Gasteiger partial charge on any atom is -0.313 e. The van der Waals surface area contributed by atoms with Gasteiger partial charge >= 0.3 is 0 Å². The molecule has 0 radical (unpaired) electrons. The molecule has 1 aliphatic heterocycles. The number of fused-ring (bicyclic) bond motifs is 2. The molecule has 0 N–H and O–H groups in total. The molecule has 0 saturated carbocycles. The van der Waals surface area contributed by atoms with Gasteiger partial charge in [0, 0.05) is 62.6 Å². The number of thiophene rings is 1. The molecule has 0 fully saturated rings. The Hall–Kier alpha value is -3.82. The topological polar surface area (TPSA) is 78.8 Å². The van der Waals surface area contributed by atoms with E-state index in [4.69, 9.17) is 0 Å². The lowest BCUT2D eigenvalue weighted by atomic mass is 9.90. The normalized spacial score (nSPS) is 15.1. The molecule has 1 aromatic carbocycles. The number of hydrogen-bond donors (Lipinski definition) is 0. The number of hydrogen-bond acceptors (Lipinski definition) is 6. The molecular formula is C32H37N5O3S. The van der Waals surface area contributed by atoms with Crippen molar-refractivity contribution >= 4 is 44.6 Å². The van der Waals surface area contributed by atoms with Crippen LogP contribution >= 0.6 is 11.3 Å². The number of carbonyl (C=O) groups excluding carboxylic acids is 2. The fraction of sp³-hybridized carbons (Fsp3) is 0.375. The van der Waals surface area contributed by atoms with Crippen molar-refractivity contribution in [2.75, 3.05) is 29.9 Å². The maximum atomic E-state index is 13.3. The maximum Gasteiger partial charge on any atom is 0.259 e. The van der Waals surface area contributed by atoms with Gasteiger partial charge in [0.25, 0.3) is 5.56 Å². The first kappa shape index (κ1) is 28.7. The molecule has 9 heteroatoms. The average molecular weight is 572 g/mol. The van der Waals surface area contributed by atoms with Crippen molar-refractivity contribution in [2.45, 2.75) is 54.3 Å². The first-order valence-electron chi connectivity index (χ1n) is 14.0. The highest BCUT2D eigenvalue weighted by Crippen LogP contribution is 2.39. The minimum atomic E-state index is -1.15. The van der Waals surface area contributed by atoms with Crippen molar-refractivity contribution in [2.24, 2.45) is 5.41 Å². The zero-order valence-electron chi connectivity index (χ0n) is 24.6. The van der Waals surface area contributed by atoms with Crippen molar-refractivity contribution in [3.63, 3.8) is 0 Å². The quantitative estimate of drug-likeness (QED) is 0.274. The number of anilines is 2. The van der Waals surface area contributed by atoms with Gasteiger partial charge in [0.2, 0.25) is 11.8 Å². The fourth-order valence-electron chi connectivity index (χ4n) is 5.65. The van der Waals surface area contributed by atoms with E-state index in [1.807, 2.05) is 67.2 Å². The Balaban J connectivity index is 1.47. The smallest absolute Gasteiger partial charge is 0.259 e. The third kappa shape index (κ3) is 5.31. The van der Waals surface area contributed by atoms with Crippen LogP contribution in [0, 0.1) is 19.3 Å². The van der Waals surface area contributed by atoms with Crippen LogP contribution < -0.4 is 15.4 Å². The third-order valence-electron chi connectivity index (χ3n) is 8.07. The molecule has 4 aromatic rings. The number of aromatic nitrogens is 2. The Morgan fingerprint density at radius 1 is 1.00 bits per heavy atom. The summed E-state index contributed by atoms with van der Waals surface area (Å²) in [5.41, 5.74) is 4.55. The van der Waals surface area contributed by atoms with Gasteiger partial charge in [-0.25, -0.2) is 0 Å². The maximum absolute atomic E-state index is 13.3. The van der Waals surface area contributed by atoms with Crippen LogP contribution in [0.15, 0.2) is 59.0 Å². The number of aryl methyl sites for hydroxylation is 2. The summed E-state index contributed by atoms with van der Waals surface area (Å²) in [4.78, 5) is 49.9. The highest BCUT2D eigenvalue weighted by atomic mass is 32.1. The summed E-state index contributed by atoms with van der Waals surface area (Å²) in [6.07, 6.45) is 3.75. The van der Waals surface area contributed by atoms with E-state index >= 15 is 0 Å². The number of amides is 2. The van der Waals surface area contributed by atoms with Crippen molar-refractivity contribution in [3.05, 3.63) is 86.9 Å². The Labute approximate surface area is 244 Å². The summed E-state index contributed by atoms with van der Waals surface area (Å²) in [5, 5.41) is 2.73. The molecule has 5 rings (SSSR count). The lowest BCUT2D eigenvalue weighted by Crippen LogP contribution is -2.47. The summed E-state index contributed by atoms with van der Waals surface area (Å²) in [7, 11) is 1.74. The second-order valence-electron chi connectivity index (χ2n) is 11.3. The third-order valence-corrected chi connectivity index (χ3v) is 9.11. The van der Waals surface area contributed by atoms with Gasteiger partial charge in [0.15, 0.2) is 0 Å². The molecule has 0 aliphatic carbocycles. The molecule has 0 spiro atoms. The first-order valence-corrected chi connectivity index (χ1v) is 14.8. The Bertz CT molecular complexity index is 1690. The molecule has 3 aromatic heterocycles. The van der Waals surface area contributed by atoms with Gasteiger partial charge in [-0.3, -0.25) is 24.3 Å². The predicted octanol–water partition coefficient (Wildman–Crippen LogP) is 5.13. The van der Waals surface area contributed by atoms with Gasteiger partial charge in [-0.05, 0) is 81.0 Å². The average Bonchev–Trinajstić information content (AvgIpc) is 3.45. The summed E-state index contributed by atoms with van der Waals surface area (Å²) in [6.45, 7) is 12.3. The van der Waals surface area contributed by atoms with Gasteiger partial charge in [0.05, 0.1) is 16.8 Å². The molecule has 41 heavy (non-hydrogen) atoms. The molecule has 1 aliphatic rings. The van der Waals surface area contributed by atoms with E-state index in [1.54, 1.807) is 48.2 Å². The van der Waals surface area contributed by atoms with Crippen LogP contribution in [-0.2, 0) is 29.2 Å². The molecule has 0 atom stereocenters. The van der Waals surface area contributed by atoms with E-state index in [9.17, 15) is 14.4 Å². The molecule has 8 nitrogen and oxygen atoms in total. The lowest BCUT2D eigenvalue weighted by molar-refractivity contribution is -0.137. The van der Waals surface area contributed by atoms with E-state index < -0.39 is 5.41 Å². The zero-order chi connectivity index (χ0) is 29.5. The van der Waals surface area contributed by atoms with E-state index in [2.05, 4.69) is 16.0 Å². The summed E-state index contributed by atoms with van der Waals surface area (Å²) in [6, 6.07) is 11.9. The number of nitrogens with zero attached hydrogens (tertiary/aromatic N) is 5. The molecular weight excluding hydrogens is 534 g/mol. The van der Waals surface area contributed by atoms with E-state index in [-0.39, 0.29) is 17.4 Å². The van der Waals surface area contributed by atoms with E-state index in [0.717, 1.165) is 43.8 Å². The van der Waals surface area contributed by atoms with Gasteiger partial charge < -0.3 is 14.4 Å². The van der Waals surface area contributed by atoms with Crippen LogP contribution in [0.5, 0.6) is 0 Å². The monoisotopic (exact) mass is 571 g/mol. The fourth-order valence-corrected chi connectivity index (χ4v) is 6.51. The summed E-state index contributed by atoms with van der Waals surface area (Å²) >= 11 is 1.60. The first-order chi connectivity index (χ1) is 19.5. The SMILES string of the molecule is CCN1C(=O)C(C)(C)C(=O)N(C)c2cc(CN(CCn3cc(C)c4sccc4c3=O)Cc3cccnc3C)ccc21. The van der Waals surface area contributed by atoms with Crippen LogP contribution in [0.4, 0.5) is 11.4 Å². The van der Waals surface area contributed by atoms with Crippen molar-refractivity contribution in [3.8, 4) is 0 Å². The number of carbonyl (C=O) groups is 2. The summed E-state index contributed by atoms with van der Waals surface area (Å²) < 4.78 is 2.85. The molecule has 0 bridgehead atoms. The van der Waals surface area contributed by atoms with Gasteiger partial charge in [-0.2, -0.15) is 0 Å². The Morgan fingerprint density at radius 2 is 1.78 bits per heavy atom. The van der Waals surface area contributed by atoms with Crippen LogP contribution in [0.1, 0.15) is 43.2 Å². The minimum absolute atomic E-state index is 0.0291. The van der Waals surface area contributed by atoms with Crippen LogP contribution in [0.2, 0.25) is 0 Å². The molecule has 4 heterocycles. The van der Waals surface area contributed by atoms with Crippen molar-refractivity contribution in [1.82, 2.24) is 14.5 Å². The van der Waals surface area contributed by atoms with Crippen LogP contribution in [-0.4, -0.2) is 46.4 Å². The van der Waals surface area contributed by atoms with Crippen LogP contribution in [0.3, 0.4) is 0 Å². The van der Waals surface area contributed by atoms with Crippen molar-refractivity contribution in [1.29, 1.82) is 0 Å². The number of pyridine rings is 2. The van der Waals surface area contributed by atoms with Gasteiger partial charge in [-0.1, -0.05) is 12.1 Å².